The smallest absolute Gasteiger partial charge is 0.0547 e. The van der Waals surface area contributed by atoms with Crippen LogP contribution in [0, 0.1) is 0 Å². The summed E-state index contributed by atoms with van der Waals surface area (Å²) >= 11 is 1.89. The molecule has 0 spiro atoms. The Hall–Kier alpha value is -6.22. The summed E-state index contributed by atoms with van der Waals surface area (Å²) < 4.78 is 5.16. The van der Waals surface area contributed by atoms with Gasteiger partial charge >= 0.3 is 0 Å². The molecule has 0 aliphatic heterocycles. The maximum absolute atomic E-state index is 2.51. The average Bonchev–Trinajstić information content (AvgIpc) is 3.88. The lowest BCUT2D eigenvalue weighted by molar-refractivity contribution is 0.729. The van der Waals surface area contributed by atoms with E-state index in [9.17, 15) is 0 Å². The molecule has 8 aromatic carbocycles. The molecule has 0 saturated heterocycles. The van der Waals surface area contributed by atoms with Crippen LogP contribution in [0.2, 0.25) is 0 Å². The number of aryl methyl sites for hydroxylation is 1. The van der Waals surface area contributed by atoms with Crippen molar-refractivity contribution in [2.24, 2.45) is 0 Å². The van der Waals surface area contributed by atoms with Crippen molar-refractivity contribution in [3.63, 3.8) is 0 Å². The van der Waals surface area contributed by atoms with Gasteiger partial charge < -0.3 is 4.57 Å². The van der Waals surface area contributed by atoms with Crippen molar-refractivity contribution in [2.45, 2.75) is 18.8 Å². The first-order chi connectivity index (χ1) is 26.3. The van der Waals surface area contributed by atoms with Gasteiger partial charge in [-0.2, -0.15) is 0 Å². The van der Waals surface area contributed by atoms with Crippen LogP contribution in [-0.4, -0.2) is 4.57 Å². The van der Waals surface area contributed by atoms with E-state index in [1.807, 2.05) is 11.3 Å². The third kappa shape index (κ3) is 4.83. The van der Waals surface area contributed by atoms with Crippen molar-refractivity contribution >= 4 is 53.3 Å². The van der Waals surface area contributed by atoms with E-state index in [1.165, 1.54) is 97.7 Å². The predicted molar refractivity (Wildman–Crippen MR) is 227 cm³/mol. The molecule has 0 bridgehead atoms. The highest BCUT2D eigenvalue weighted by atomic mass is 32.1. The van der Waals surface area contributed by atoms with Gasteiger partial charge in [0.1, 0.15) is 0 Å². The molecular formula is C51H35NS. The van der Waals surface area contributed by atoms with E-state index in [-0.39, 0.29) is 0 Å². The summed E-state index contributed by atoms with van der Waals surface area (Å²) in [6.45, 7) is 0. The zero-order valence-corrected chi connectivity index (χ0v) is 30.0. The quantitative estimate of drug-likeness (QED) is 0.163. The van der Waals surface area contributed by atoms with E-state index in [2.05, 4.69) is 187 Å². The molecule has 53 heavy (non-hydrogen) atoms. The van der Waals surface area contributed by atoms with Gasteiger partial charge in [0, 0.05) is 48.1 Å². The van der Waals surface area contributed by atoms with Gasteiger partial charge in [0.15, 0.2) is 0 Å². The highest BCUT2D eigenvalue weighted by molar-refractivity contribution is 7.26. The van der Waals surface area contributed by atoms with Crippen molar-refractivity contribution in [1.82, 2.24) is 4.57 Å². The second-order valence-corrected chi connectivity index (χ2v) is 15.4. The highest BCUT2D eigenvalue weighted by Crippen LogP contribution is 2.51. The molecule has 0 N–H and O–H groups in total. The van der Waals surface area contributed by atoms with Crippen molar-refractivity contribution < 1.29 is 0 Å². The van der Waals surface area contributed by atoms with Crippen molar-refractivity contribution in [2.75, 3.05) is 0 Å². The Balaban J connectivity index is 1.13. The van der Waals surface area contributed by atoms with Crippen LogP contribution in [0.1, 0.15) is 29.0 Å². The number of nitrogens with zero attached hydrogens (tertiary/aromatic N) is 1. The molecule has 250 valence electrons. The van der Waals surface area contributed by atoms with E-state index in [0.717, 1.165) is 12.8 Å². The molecule has 11 rings (SSSR count). The minimum atomic E-state index is 0.375. The Morgan fingerprint density at radius 2 is 1.15 bits per heavy atom. The predicted octanol–water partition coefficient (Wildman–Crippen LogP) is 14.2. The molecule has 1 nitrogen and oxygen atoms in total. The lowest BCUT2D eigenvalue weighted by Crippen LogP contribution is -1.99. The maximum Gasteiger partial charge on any atom is 0.0547 e. The standard InChI is InChI=1S/C51H35NS/c1-3-14-33(15-4-1)26-28-39-38-18-7-8-21-43(38)50-37(22-13-23-44(39)50)35-27-29-41-40-19-9-11-24-47(40)52(48(41)30-35)36-31-45(34-16-5-2-6-17-34)51-46(32-36)42-20-10-12-25-49(42)53-51/h1-25,27,29-32,39H,26,28H2. The summed E-state index contributed by atoms with van der Waals surface area (Å²) in [6.07, 6.45) is 2.15. The molecule has 0 fully saturated rings. The SMILES string of the molecule is c1ccc(CCC2c3ccccc3-c3c(-c4ccc5c6ccccc6n(-c6cc(-c7ccccc7)c7sc8ccccc8c7c6)c5c4)cccc32)cc1. The fourth-order valence-corrected chi connectivity index (χ4v) is 10.3. The Kier molecular flexibility index (Phi) is 6.99. The summed E-state index contributed by atoms with van der Waals surface area (Å²) in [5, 5.41) is 5.17. The second-order valence-electron chi connectivity index (χ2n) is 14.4. The van der Waals surface area contributed by atoms with Gasteiger partial charge in [0.05, 0.1) is 11.0 Å². The number of hydrogen-bond acceptors (Lipinski definition) is 1. The monoisotopic (exact) mass is 693 g/mol. The first kappa shape index (κ1) is 30.4. The molecule has 2 aromatic heterocycles. The molecule has 1 aliphatic carbocycles. The number of para-hydroxylation sites is 1. The minimum absolute atomic E-state index is 0.375. The first-order valence-corrected chi connectivity index (χ1v) is 19.4. The van der Waals surface area contributed by atoms with Crippen LogP contribution < -0.4 is 0 Å². The number of fused-ring (bicyclic) bond motifs is 9. The number of hydrogen-bond donors (Lipinski definition) is 0. The third-order valence-corrected chi connectivity index (χ3v) is 12.7. The summed E-state index contributed by atoms with van der Waals surface area (Å²) in [4.78, 5) is 0. The number of aromatic nitrogens is 1. The van der Waals surface area contributed by atoms with Gasteiger partial charge in [0.25, 0.3) is 0 Å². The van der Waals surface area contributed by atoms with Gasteiger partial charge in [-0.05, 0) is 87.7 Å². The van der Waals surface area contributed by atoms with Crippen LogP contribution >= 0.6 is 11.3 Å². The van der Waals surface area contributed by atoms with Crippen molar-refractivity contribution in [3.05, 3.63) is 199 Å². The summed E-state index contributed by atoms with van der Waals surface area (Å²) in [6, 6.07) is 67.6. The van der Waals surface area contributed by atoms with Crippen LogP contribution in [0.25, 0.3) is 81.0 Å². The molecular weight excluding hydrogens is 659 g/mol. The molecule has 2 heteroatoms. The molecule has 2 heterocycles. The first-order valence-electron chi connectivity index (χ1n) is 18.6. The van der Waals surface area contributed by atoms with Crippen LogP contribution in [0.5, 0.6) is 0 Å². The average molecular weight is 694 g/mol. The summed E-state index contributed by atoms with van der Waals surface area (Å²) in [7, 11) is 0. The largest absolute Gasteiger partial charge is 0.309 e. The highest BCUT2D eigenvalue weighted by Gasteiger charge is 2.30. The van der Waals surface area contributed by atoms with E-state index in [4.69, 9.17) is 0 Å². The fraction of sp³-hybridized carbons (Fsp3) is 0.0588. The fourth-order valence-electron chi connectivity index (χ4n) is 9.05. The van der Waals surface area contributed by atoms with Crippen LogP contribution in [-0.2, 0) is 6.42 Å². The van der Waals surface area contributed by atoms with E-state index >= 15 is 0 Å². The van der Waals surface area contributed by atoms with Crippen molar-refractivity contribution in [3.8, 4) is 39.1 Å². The third-order valence-electron chi connectivity index (χ3n) is 11.4. The van der Waals surface area contributed by atoms with Gasteiger partial charge in [-0.15, -0.1) is 11.3 Å². The van der Waals surface area contributed by atoms with E-state index < -0.39 is 0 Å². The van der Waals surface area contributed by atoms with Gasteiger partial charge in [-0.1, -0.05) is 152 Å². The van der Waals surface area contributed by atoms with Gasteiger partial charge in [-0.3, -0.25) is 0 Å². The van der Waals surface area contributed by atoms with E-state index in [1.54, 1.807) is 0 Å². The lowest BCUT2D eigenvalue weighted by Gasteiger charge is -2.15. The molecule has 1 aliphatic rings. The molecule has 0 saturated carbocycles. The summed E-state index contributed by atoms with van der Waals surface area (Å²) in [5.41, 5.74) is 15.8. The Bertz CT molecular complexity index is 3000. The number of thiophene rings is 1. The molecule has 1 unspecified atom stereocenters. The Morgan fingerprint density at radius 3 is 2.04 bits per heavy atom. The Labute approximate surface area is 313 Å². The zero-order valence-electron chi connectivity index (χ0n) is 29.2. The molecule has 0 amide bonds. The van der Waals surface area contributed by atoms with Crippen molar-refractivity contribution in [1.29, 1.82) is 0 Å². The van der Waals surface area contributed by atoms with E-state index in [0.29, 0.717) is 5.92 Å². The Morgan fingerprint density at radius 1 is 0.453 bits per heavy atom. The van der Waals surface area contributed by atoms with Crippen LogP contribution in [0.15, 0.2) is 182 Å². The van der Waals surface area contributed by atoms with Gasteiger partial charge in [-0.25, -0.2) is 0 Å². The number of benzene rings is 8. The normalized spacial score (nSPS) is 13.6. The number of rotatable bonds is 6. The zero-order chi connectivity index (χ0) is 34.9. The molecule has 1 atom stereocenters. The molecule has 0 radical (unpaired) electrons. The topological polar surface area (TPSA) is 4.93 Å². The second kappa shape index (κ2) is 12.2. The van der Waals surface area contributed by atoms with Gasteiger partial charge in [0.2, 0.25) is 0 Å². The lowest BCUT2D eigenvalue weighted by atomic mass is 9.89. The summed E-state index contributed by atoms with van der Waals surface area (Å²) in [5.74, 6) is 0.375. The van der Waals surface area contributed by atoms with Crippen LogP contribution in [0.4, 0.5) is 0 Å². The minimum Gasteiger partial charge on any atom is -0.309 e. The van der Waals surface area contributed by atoms with Crippen LogP contribution in [0.3, 0.4) is 0 Å². The maximum atomic E-state index is 2.51. The molecule has 10 aromatic rings.